The van der Waals surface area contributed by atoms with Crippen LogP contribution >= 0.6 is 11.6 Å². The van der Waals surface area contributed by atoms with Crippen LogP contribution in [0.1, 0.15) is 24.7 Å². The van der Waals surface area contributed by atoms with Crippen molar-refractivity contribution in [2.75, 3.05) is 6.54 Å². The van der Waals surface area contributed by atoms with Crippen LogP contribution in [0.4, 0.5) is 0 Å². The van der Waals surface area contributed by atoms with E-state index in [0.29, 0.717) is 11.6 Å². The van der Waals surface area contributed by atoms with Gasteiger partial charge in [0.1, 0.15) is 0 Å². The number of tetrazole rings is 1. The third-order valence-electron chi connectivity index (χ3n) is 2.58. The molecular formula is C12H16ClN5. The van der Waals surface area contributed by atoms with Crippen molar-refractivity contribution in [1.82, 2.24) is 25.5 Å². The van der Waals surface area contributed by atoms with Crippen LogP contribution in [0.5, 0.6) is 0 Å². The van der Waals surface area contributed by atoms with E-state index in [4.69, 9.17) is 11.6 Å². The normalized spacial score (nSPS) is 10.8. The van der Waals surface area contributed by atoms with Gasteiger partial charge in [-0.3, -0.25) is 0 Å². The van der Waals surface area contributed by atoms with Gasteiger partial charge in [0.2, 0.25) is 0 Å². The molecule has 0 unspecified atom stereocenters. The number of benzene rings is 1. The zero-order valence-electron chi connectivity index (χ0n) is 10.5. The van der Waals surface area contributed by atoms with Gasteiger partial charge in [0, 0.05) is 0 Å². The summed E-state index contributed by atoms with van der Waals surface area (Å²) in [7, 11) is 0. The molecule has 0 aliphatic carbocycles. The number of nitrogens with zero attached hydrogens (tertiary/aromatic N) is 4. The van der Waals surface area contributed by atoms with Gasteiger partial charge in [-0.2, -0.15) is 4.68 Å². The highest BCUT2D eigenvalue weighted by Gasteiger charge is 2.10. The van der Waals surface area contributed by atoms with Gasteiger partial charge in [-0.05, 0) is 48.0 Å². The van der Waals surface area contributed by atoms with E-state index in [1.807, 2.05) is 25.1 Å². The molecule has 96 valence electrons. The summed E-state index contributed by atoms with van der Waals surface area (Å²) in [5.41, 5.74) is 1.92. The molecule has 0 saturated heterocycles. The van der Waals surface area contributed by atoms with E-state index in [1.54, 1.807) is 4.68 Å². The highest BCUT2D eigenvalue weighted by atomic mass is 35.5. The lowest BCUT2D eigenvalue weighted by atomic mass is 10.2. The summed E-state index contributed by atoms with van der Waals surface area (Å²) in [5.74, 6) is 0.759. The summed E-state index contributed by atoms with van der Waals surface area (Å²) < 4.78 is 1.67. The van der Waals surface area contributed by atoms with Gasteiger partial charge in [-0.1, -0.05) is 24.6 Å². The molecule has 18 heavy (non-hydrogen) atoms. The average molecular weight is 266 g/mol. The molecule has 1 aromatic heterocycles. The Balaban J connectivity index is 2.25. The van der Waals surface area contributed by atoms with Crippen LogP contribution in [0.3, 0.4) is 0 Å². The lowest BCUT2D eigenvalue weighted by molar-refractivity contribution is 0.633. The standard InChI is InChI=1S/C12H16ClN5/c1-3-6-14-8-12-15-16-17-18(12)11-5-4-9(2)7-10(11)13/h4-5,7,14H,3,6,8H2,1-2H3. The van der Waals surface area contributed by atoms with Gasteiger partial charge in [-0.25, -0.2) is 0 Å². The van der Waals surface area contributed by atoms with E-state index in [1.165, 1.54) is 0 Å². The van der Waals surface area contributed by atoms with Crippen molar-refractivity contribution in [2.24, 2.45) is 0 Å². The van der Waals surface area contributed by atoms with Gasteiger partial charge in [0.15, 0.2) is 5.82 Å². The minimum Gasteiger partial charge on any atom is -0.310 e. The smallest absolute Gasteiger partial charge is 0.170 e. The largest absolute Gasteiger partial charge is 0.310 e. The molecule has 0 aliphatic heterocycles. The Kier molecular flexibility index (Phi) is 4.28. The molecule has 6 heteroatoms. The number of halogens is 1. The molecule has 0 amide bonds. The predicted molar refractivity (Wildman–Crippen MR) is 70.9 cm³/mol. The molecule has 0 fully saturated rings. The molecule has 0 spiro atoms. The van der Waals surface area contributed by atoms with E-state index in [0.717, 1.165) is 30.0 Å². The molecule has 1 N–H and O–H groups in total. The SMILES string of the molecule is CCCNCc1nnnn1-c1ccc(C)cc1Cl. The second-order valence-corrected chi connectivity index (χ2v) is 4.55. The van der Waals surface area contributed by atoms with Crippen LogP contribution < -0.4 is 5.32 Å². The fourth-order valence-corrected chi connectivity index (χ4v) is 1.98. The van der Waals surface area contributed by atoms with Crippen LogP contribution in [-0.2, 0) is 6.54 Å². The van der Waals surface area contributed by atoms with Crippen LogP contribution in [-0.4, -0.2) is 26.8 Å². The molecule has 2 rings (SSSR count). The summed E-state index contributed by atoms with van der Waals surface area (Å²) in [4.78, 5) is 0. The van der Waals surface area contributed by atoms with Crippen molar-refractivity contribution in [2.45, 2.75) is 26.8 Å². The maximum Gasteiger partial charge on any atom is 0.170 e. The summed E-state index contributed by atoms with van der Waals surface area (Å²) in [6.07, 6.45) is 1.08. The third kappa shape index (κ3) is 2.86. The van der Waals surface area contributed by atoms with E-state index in [-0.39, 0.29) is 0 Å². The number of hydrogen-bond acceptors (Lipinski definition) is 4. The lowest BCUT2D eigenvalue weighted by Crippen LogP contribution is -2.17. The van der Waals surface area contributed by atoms with E-state index in [2.05, 4.69) is 27.8 Å². The number of rotatable bonds is 5. The fraction of sp³-hybridized carbons (Fsp3) is 0.417. The highest BCUT2D eigenvalue weighted by molar-refractivity contribution is 6.32. The second-order valence-electron chi connectivity index (χ2n) is 4.14. The highest BCUT2D eigenvalue weighted by Crippen LogP contribution is 2.21. The molecule has 0 aliphatic rings. The van der Waals surface area contributed by atoms with Gasteiger partial charge in [0.05, 0.1) is 17.3 Å². The maximum atomic E-state index is 6.22. The van der Waals surface area contributed by atoms with Crippen LogP contribution in [0, 0.1) is 6.92 Å². The van der Waals surface area contributed by atoms with Crippen molar-refractivity contribution in [3.05, 3.63) is 34.6 Å². The monoisotopic (exact) mass is 265 g/mol. The van der Waals surface area contributed by atoms with Gasteiger partial charge < -0.3 is 5.32 Å². The summed E-state index contributed by atoms with van der Waals surface area (Å²) >= 11 is 6.22. The van der Waals surface area contributed by atoms with Crippen molar-refractivity contribution >= 4 is 11.6 Å². The minimum atomic E-state index is 0.630. The number of aromatic nitrogens is 4. The molecule has 5 nitrogen and oxygen atoms in total. The quantitative estimate of drug-likeness (QED) is 0.842. The van der Waals surface area contributed by atoms with Gasteiger partial charge in [-0.15, -0.1) is 5.10 Å². The first-order valence-electron chi connectivity index (χ1n) is 5.97. The Bertz CT molecular complexity index is 523. The minimum absolute atomic E-state index is 0.630. The van der Waals surface area contributed by atoms with Crippen molar-refractivity contribution in [3.63, 3.8) is 0 Å². The first kappa shape index (κ1) is 13.0. The number of aryl methyl sites for hydroxylation is 1. The van der Waals surface area contributed by atoms with Crippen LogP contribution in [0.15, 0.2) is 18.2 Å². The van der Waals surface area contributed by atoms with E-state index < -0.39 is 0 Å². The first-order valence-corrected chi connectivity index (χ1v) is 6.34. The molecule has 0 radical (unpaired) electrons. The van der Waals surface area contributed by atoms with Crippen molar-refractivity contribution < 1.29 is 0 Å². The van der Waals surface area contributed by atoms with Crippen LogP contribution in [0.2, 0.25) is 5.02 Å². The van der Waals surface area contributed by atoms with Gasteiger partial charge >= 0.3 is 0 Å². The average Bonchev–Trinajstić information content (AvgIpc) is 2.78. The molecule has 0 atom stereocenters. The lowest BCUT2D eigenvalue weighted by Gasteiger charge is -2.07. The molecule has 2 aromatic rings. The number of hydrogen-bond donors (Lipinski definition) is 1. The van der Waals surface area contributed by atoms with Crippen molar-refractivity contribution in [3.8, 4) is 5.69 Å². The summed E-state index contributed by atoms with van der Waals surface area (Å²) in [5, 5.41) is 15.6. The Labute approximate surface area is 111 Å². The van der Waals surface area contributed by atoms with E-state index in [9.17, 15) is 0 Å². The van der Waals surface area contributed by atoms with Crippen LogP contribution in [0.25, 0.3) is 5.69 Å². The van der Waals surface area contributed by atoms with Crippen molar-refractivity contribution in [1.29, 1.82) is 0 Å². The maximum absolute atomic E-state index is 6.22. The molecular weight excluding hydrogens is 250 g/mol. The first-order chi connectivity index (χ1) is 8.72. The summed E-state index contributed by atoms with van der Waals surface area (Å²) in [6.45, 7) is 5.69. The number of nitrogens with one attached hydrogen (secondary N) is 1. The summed E-state index contributed by atoms with van der Waals surface area (Å²) in [6, 6.07) is 5.82. The molecule has 1 aromatic carbocycles. The predicted octanol–water partition coefficient (Wildman–Crippen LogP) is 2.12. The van der Waals surface area contributed by atoms with E-state index >= 15 is 0 Å². The molecule has 0 saturated carbocycles. The Morgan fingerprint density at radius 1 is 1.39 bits per heavy atom. The zero-order chi connectivity index (χ0) is 13.0. The topological polar surface area (TPSA) is 55.6 Å². The molecule has 1 heterocycles. The zero-order valence-corrected chi connectivity index (χ0v) is 11.3. The Morgan fingerprint density at radius 3 is 2.94 bits per heavy atom. The fourth-order valence-electron chi connectivity index (χ4n) is 1.66. The second kappa shape index (κ2) is 5.93. The Morgan fingerprint density at radius 2 is 2.22 bits per heavy atom. The van der Waals surface area contributed by atoms with Gasteiger partial charge in [0.25, 0.3) is 0 Å². The Hall–Kier alpha value is -1.46. The molecule has 0 bridgehead atoms. The third-order valence-corrected chi connectivity index (χ3v) is 2.88.